The summed E-state index contributed by atoms with van der Waals surface area (Å²) in [4.78, 5) is 35.1. The van der Waals surface area contributed by atoms with Crippen LogP contribution in [0.3, 0.4) is 0 Å². The summed E-state index contributed by atoms with van der Waals surface area (Å²) in [5, 5.41) is 6.34. The smallest absolute Gasteiger partial charge is 0.226 e. The van der Waals surface area contributed by atoms with Crippen LogP contribution in [0.5, 0.6) is 0 Å². The summed E-state index contributed by atoms with van der Waals surface area (Å²) < 4.78 is 20.3. The SMILES string of the molecule is COC(C[C@H]1[C@@H](C(=O)NCc2ccccn2)CNC[C@@H]1C(C(N)=O)c1ccccn1)c1cccc(F)c1C. The van der Waals surface area contributed by atoms with Gasteiger partial charge in [-0.05, 0) is 73.2 Å². The van der Waals surface area contributed by atoms with E-state index in [0.717, 1.165) is 5.69 Å². The van der Waals surface area contributed by atoms with E-state index in [0.29, 0.717) is 36.3 Å². The number of piperidine rings is 1. The number of methoxy groups -OCH3 is 1. The predicted octanol–water partition coefficient (Wildman–Crippen LogP) is 3.04. The Bertz CT molecular complexity index is 1230. The number of carbonyl (C=O) groups is 2. The quantitative estimate of drug-likeness (QED) is 0.379. The van der Waals surface area contributed by atoms with Crippen molar-refractivity contribution in [2.45, 2.75) is 31.9 Å². The summed E-state index contributed by atoms with van der Waals surface area (Å²) in [5.41, 5.74) is 8.45. The summed E-state index contributed by atoms with van der Waals surface area (Å²) in [7, 11) is 1.57. The molecular formula is C29H34FN5O3. The van der Waals surface area contributed by atoms with E-state index in [1.807, 2.05) is 30.3 Å². The number of carbonyl (C=O) groups excluding carboxylic acids is 2. The van der Waals surface area contributed by atoms with Gasteiger partial charge < -0.3 is 21.1 Å². The van der Waals surface area contributed by atoms with Gasteiger partial charge in [-0.1, -0.05) is 24.3 Å². The van der Waals surface area contributed by atoms with Crippen LogP contribution in [0, 0.1) is 30.5 Å². The maximum atomic E-state index is 14.4. The third kappa shape index (κ3) is 6.23. The number of amides is 2. The first kappa shape index (κ1) is 27.3. The van der Waals surface area contributed by atoms with Crippen LogP contribution in [0.4, 0.5) is 4.39 Å². The van der Waals surface area contributed by atoms with Crippen molar-refractivity contribution in [1.82, 2.24) is 20.6 Å². The molecule has 1 saturated heterocycles. The van der Waals surface area contributed by atoms with Gasteiger partial charge in [0.25, 0.3) is 0 Å². The largest absolute Gasteiger partial charge is 0.377 e. The first-order valence-electron chi connectivity index (χ1n) is 12.8. The fourth-order valence-corrected chi connectivity index (χ4v) is 5.52. The maximum absolute atomic E-state index is 14.4. The van der Waals surface area contributed by atoms with Crippen LogP contribution in [0.25, 0.3) is 0 Å². The van der Waals surface area contributed by atoms with E-state index < -0.39 is 23.8 Å². The molecule has 200 valence electrons. The average Bonchev–Trinajstić information content (AvgIpc) is 2.93. The van der Waals surface area contributed by atoms with Crippen molar-refractivity contribution in [1.29, 1.82) is 0 Å². The Morgan fingerprint density at radius 2 is 1.87 bits per heavy atom. The van der Waals surface area contributed by atoms with Gasteiger partial charge in [0.05, 0.1) is 35.9 Å². The molecule has 0 saturated carbocycles. The molecule has 0 bridgehead atoms. The number of aromatic nitrogens is 2. The zero-order valence-corrected chi connectivity index (χ0v) is 21.6. The summed E-state index contributed by atoms with van der Waals surface area (Å²) in [6, 6.07) is 15.8. The lowest BCUT2D eigenvalue weighted by Crippen LogP contribution is -2.53. The second kappa shape index (κ2) is 12.7. The topological polar surface area (TPSA) is 119 Å². The molecule has 4 rings (SSSR count). The fraction of sp³-hybridized carbons (Fsp3) is 0.379. The van der Waals surface area contributed by atoms with Crippen molar-refractivity contribution in [2.24, 2.45) is 23.5 Å². The second-order valence-corrected chi connectivity index (χ2v) is 9.68. The summed E-state index contributed by atoms with van der Waals surface area (Å²) in [6.07, 6.45) is 3.21. The Morgan fingerprint density at radius 1 is 1.11 bits per heavy atom. The van der Waals surface area contributed by atoms with Crippen molar-refractivity contribution >= 4 is 11.8 Å². The Hall–Kier alpha value is -3.69. The van der Waals surface area contributed by atoms with Gasteiger partial charge in [-0.2, -0.15) is 0 Å². The fourth-order valence-electron chi connectivity index (χ4n) is 5.52. The maximum Gasteiger partial charge on any atom is 0.226 e. The number of pyridine rings is 2. The number of nitrogens with two attached hydrogens (primary N) is 1. The van der Waals surface area contributed by atoms with Crippen LogP contribution in [-0.4, -0.2) is 42.0 Å². The summed E-state index contributed by atoms with van der Waals surface area (Å²) in [5.74, 6) is -2.85. The lowest BCUT2D eigenvalue weighted by Gasteiger charge is -2.42. The number of nitrogens with zero attached hydrogens (tertiary/aromatic N) is 2. The molecular weight excluding hydrogens is 485 g/mol. The van der Waals surface area contributed by atoms with Gasteiger partial charge in [-0.25, -0.2) is 4.39 Å². The van der Waals surface area contributed by atoms with Crippen LogP contribution < -0.4 is 16.4 Å². The molecule has 1 fully saturated rings. The van der Waals surface area contributed by atoms with E-state index in [-0.39, 0.29) is 30.1 Å². The van der Waals surface area contributed by atoms with Crippen LogP contribution in [0.1, 0.15) is 41.0 Å². The zero-order valence-electron chi connectivity index (χ0n) is 21.6. The van der Waals surface area contributed by atoms with Crippen molar-refractivity contribution in [3.8, 4) is 0 Å². The number of hydrogen-bond donors (Lipinski definition) is 3. The highest BCUT2D eigenvalue weighted by Gasteiger charge is 2.45. The Morgan fingerprint density at radius 3 is 2.53 bits per heavy atom. The van der Waals surface area contributed by atoms with E-state index in [9.17, 15) is 14.0 Å². The summed E-state index contributed by atoms with van der Waals surface area (Å²) in [6.45, 7) is 2.89. The normalized spacial score (nSPS) is 20.9. The average molecular weight is 520 g/mol. The molecule has 0 radical (unpaired) electrons. The lowest BCUT2D eigenvalue weighted by atomic mass is 9.68. The van der Waals surface area contributed by atoms with Gasteiger partial charge in [0.2, 0.25) is 11.8 Å². The zero-order chi connectivity index (χ0) is 27.1. The first-order valence-corrected chi connectivity index (χ1v) is 12.8. The van der Waals surface area contributed by atoms with E-state index >= 15 is 0 Å². The Balaban J connectivity index is 1.68. The Labute approximate surface area is 222 Å². The molecule has 0 aliphatic carbocycles. The van der Waals surface area contributed by atoms with E-state index in [2.05, 4.69) is 20.6 Å². The molecule has 38 heavy (non-hydrogen) atoms. The summed E-state index contributed by atoms with van der Waals surface area (Å²) >= 11 is 0. The molecule has 2 unspecified atom stereocenters. The highest BCUT2D eigenvalue weighted by Crippen LogP contribution is 2.42. The second-order valence-electron chi connectivity index (χ2n) is 9.68. The lowest BCUT2D eigenvalue weighted by molar-refractivity contribution is -0.131. The standard InChI is InChI=1S/C29H34FN5O3/c1-18-20(9-7-10-24(18)30)26(38-2)14-21-22(27(28(31)36)25-11-4-6-13-34-25)16-32-17-23(21)29(37)35-15-19-8-3-5-12-33-19/h3-13,21-23,26-27,32H,14-17H2,1-2H3,(H2,31,36)(H,35,37)/t21-,22+,23+,26?,27?/m1/s1. The van der Waals surface area contributed by atoms with Crippen molar-refractivity contribution in [3.63, 3.8) is 0 Å². The van der Waals surface area contributed by atoms with Crippen LogP contribution in [-0.2, 0) is 20.9 Å². The third-order valence-corrected chi connectivity index (χ3v) is 7.49. The number of ether oxygens (including phenoxy) is 1. The van der Waals surface area contributed by atoms with E-state index in [1.54, 1.807) is 44.6 Å². The molecule has 0 spiro atoms. The van der Waals surface area contributed by atoms with Gasteiger partial charge in [-0.15, -0.1) is 0 Å². The molecule has 2 amide bonds. The van der Waals surface area contributed by atoms with E-state index in [1.165, 1.54) is 6.07 Å². The minimum Gasteiger partial charge on any atom is -0.377 e. The number of benzene rings is 1. The number of hydrogen-bond acceptors (Lipinski definition) is 6. The van der Waals surface area contributed by atoms with Crippen LogP contribution >= 0.6 is 0 Å². The molecule has 1 aliphatic rings. The van der Waals surface area contributed by atoms with E-state index in [4.69, 9.17) is 10.5 Å². The van der Waals surface area contributed by atoms with Crippen LogP contribution in [0.15, 0.2) is 67.0 Å². The molecule has 1 aliphatic heterocycles. The number of halogens is 1. The number of primary amides is 1. The monoisotopic (exact) mass is 519 g/mol. The first-order chi connectivity index (χ1) is 18.4. The molecule has 9 heteroatoms. The molecule has 4 N–H and O–H groups in total. The molecule has 3 aromatic rings. The molecule has 2 aromatic heterocycles. The molecule has 1 aromatic carbocycles. The van der Waals surface area contributed by atoms with Gasteiger partial charge in [0.1, 0.15) is 5.82 Å². The highest BCUT2D eigenvalue weighted by atomic mass is 19.1. The minimum atomic E-state index is -0.716. The third-order valence-electron chi connectivity index (χ3n) is 7.49. The van der Waals surface area contributed by atoms with Gasteiger partial charge in [0, 0.05) is 26.0 Å². The van der Waals surface area contributed by atoms with Gasteiger partial charge in [0.15, 0.2) is 0 Å². The van der Waals surface area contributed by atoms with Crippen molar-refractivity contribution in [2.75, 3.05) is 20.2 Å². The molecule has 5 atom stereocenters. The van der Waals surface area contributed by atoms with Crippen molar-refractivity contribution in [3.05, 3.63) is 95.3 Å². The van der Waals surface area contributed by atoms with Gasteiger partial charge >= 0.3 is 0 Å². The molecule has 8 nitrogen and oxygen atoms in total. The highest BCUT2D eigenvalue weighted by molar-refractivity contribution is 5.83. The van der Waals surface area contributed by atoms with Gasteiger partial charge in [-0.3, -0.25) is 19.6 Å². The molecule has 3 heterocycles. The van der Waals surface area contributed by atoms with Crippen LogP contribution in [0.2, 0.25) is 0 Å². The number of nitrogens with one attached hydrogen (secondary N) is 2. The predicted molar refractivity (Wildman–Crippen MR) is 141 cm³/mol. The minimum absolute atomic E-state index is 0.159. The van der Waals surface area contributed by atoms with Crippen molar-refractivity contribution < 1.29 is 18.7 Å². The number of rotatable bonds is 10. The Kier molecular flexibility index (Phi) is 9.15.